The van der Waals surface area contributed by atoms with Crippen LogP contribution in [0.25, 0.3) is 0 Å². The molecular formula is C19H26N2O5S. The van der Waals surface area contributed by atoms with Crippen LogP contribution < -0.4 is 10.0 Å². The van der Waals surface area contributed by atoms with Crippen LogP contribution in [0.1, 0.15) is 40.0 Å². The van der Waals surface area contributed by atoms with Gasteiger partial charge in [-0.05, 0) is 63.8 Å². The molecule has 0 saturated heterocycles. The second-order valence-corrected chi connectivity index (χ2v) is 8.61. The van der Waals surface area contributed by atoms with Crippen LogP contribution in [-0.4, -0.2) is 32.4 Å². The third-order valence-corrected chi connectivity index (χ3v) is 5.72. The molecule has 1 aromatic rings. The zero-order valence-corrected chi connectivity index (χ0v) is 16.6. The molecule has 0 radical (unpaired) electrons. The second kappa shape index (κ2) is 9.14. The normalized spacial score (nSPS) is 17.7. The summed E-state index contributed by atoms with van der Waals surface area (Å²) in [6.45, 7) is 4.97. The number of ether oxygens (including phenoxy) is 1. The van der Waals surface area contributed by atoms with Gasteiger partial charge in [-0.3, -0.25) is 9.59 Å². The summed E-state index contributed by atoms with van der Waals surface area (Å²) in [5, 5.41) is 2.61. The summed E-state index contributed by atoms with van der Waals surface area (Å²) in [5.74, 6) is -0.696. The van der Waals surface area contributed by atoms with E-state index in [2.05, 4.69) is 10.0 Å². The van der Waals surface area contributed by atoms with Crippen molar-refractivity contribution < 1.29 is 22.7 Å². The molecule has 0 fully saturated rings. The van der Waals surface area contributed by atoms with Crippen molar-refractivity contribution in [3.63, 3.8) is 0 Å². The summed E-state index contributed by atoms with van der Waals surface area (Å²) in [6.07, 6.45) is 5.26. The van der Waals surface area contributed by atoms with Gasteiger partial charge in [0.05, 0.1) is 11.3 Å². The predicted molar refractivity (Wildman–Crippen MR) is 103 cm³/mol. The van der Waals surface area contributed by atoms with Gasteiger partial charge in [0, 0.05) is 11.7 Å². The minimum absolute atomic E-state index is 0.110. The average molecular weight is 394 g/mol. The lowest BCUT2D eigenvalue weighted by atomic mass is 10.1. The number of benzene rings is 1. The molecule has 2 N–H and O–H groups in total. The summed E-state index contributed by atoms with van der Waals surface area (Å²) in [7, 11) is -3.59. The molecule has 2 atom stereocenters. The summed E-state index contributed by atoms with van der Waals surface area (Å²) < 4.78 is 31.8. The van der Waals surface area contributed by atoms with E-state index in [0.29, 0.717) is 5.69 Å². The fourth-order valence-corrected chi connectivity index (χ4v) is 3.97. The number of nitrogens with one attached hydrogen (secondary N) is 2. The molecular weight excluding hydrogens is 368 g/mol. The van der Waals surface area contributed by atoms with Crippen molar-refractivity contribution in [1.82, 2.24) is 4.72 Å². The fraction of sp³-hybridized carbons (Fsp3) is 0.474. The number of anilines is 1. The summed E-state index contributed by atoms with van der Waals surface area (Å²) in [4.78, 5) is 24.2. The topological polar surface area (TPSA) is 102 Å². The van der Waals surface area contributed by atoms with Crippen LogP contribution in [0.4, 0.5) is 5.69 Å². The van der Waals surface area contributed by atoms with Crippen molar-refractivity contribution in [2.45, 2.75) is 57.1 Å². The standard InChI is InChI=1S/C19H26N2O5S/c1-13(2)21-27(24,25)17-10-8-16(9-11-17)20-19(23)14(3)26-18(22)12-15-6-4-5-7-15/h4,6,8-11,13-15,21H,5,7,12H2,1-3H3,(H,20,23). The molecule has 1 aliphatic carbocycles. The number of sulfonamides is 1. The van der Waals surface area contributed by atoms with Gasteiger partial charge in [-0.25, -0.2) is 13.1 Å². The monoisotopic (exact) mass is 394 g/mol. The van der Waals surface area contributed by atoms with Crippen molar-refractivity contribution in [3.8, 4) is 0 Å². The molecule has 2 unspecified atom stereocenters. The Balaban J connectivity index is 1.89. The Labute approximate surface area is 160 Å². The molecule has 1 amide bonds. The summed E-state index contributed by atoms with van der Waals surface area (Å²) >= 11 is 0. The van der Waals surface area contributed by atoms with Gasteiger partial charge >= 0.3 is 5.97 Å². The third-order valence-electron chi connectivity index (χ3n) is 4.04. The second-order valence-electron chi connectivity index (χ2n) is 6.89. The molecule has 0 spiro atoms. The lowest BCUT2D eigenvalue weighted by Crippen LogP contribution is -2.31. The molecule has 0 aromatic heterocycles. The highest BCUT2D eigenvalue weighted by atomic mass is 32.2. The fourth-order valence-electron chi connectivity index (χ4n) is 2.72. The van der Waals surface area contributed by atoms with E-state index in [-0.39, 0.29) is 23.3 Å². The molecule has 8 heteroatoms. The van der Waals surface area contributed by atoms with E-state index in [1.165, 1.54) is 31.2 Å². The van der Waals surface area contributed by atoms with Crippen LogP contribution in [0.15, 0.2) is 41.3 Å². The molecule has 1 aliphatic rings. The van der Waals surface area contributed by atoms with Gasteiger partial charge in [0.1, 0.15) is 0 Å². The SMILES string of the molecule is CC(C)NS(=O)(=O)c1ccc(NC(=O)C(C)OC(=O)CC2C=CCC2)cc1. The molecule has 0 aliphatic heterocycles. The zero-order chi connectivity index (χ0) is 20.0. The van der Waals surface area contributed by atoms with E-state index in [1.54, 1.807) is 13.8 Å². The largest absolute Gasteiger partial charge is 0.453 e. The van der Waals surface area contributed by atoms with Gasteiger partial charge in [-0.1, -0.05) is 12.2 Å². The Bertz CT molecular complexity index is 800. The first-order chi connectivity index (χ1) is 12.7. The number of amides is 1. The predicted octanol–water partition coefficient (Wildman–Crippen LogP) is 2.60. The number of hydrogen-bond acceptors (Lipinski definition) is 5. The van der Waals surface area contributed by atoms with Gasteiger partial charge in [0.2, 0.25) is 10.0 Å². The minimum atomic E-state index is -3.59. The van der Waals surface area contributed by atoms with E-state index < -0.39 is 28.0 Å². The van der Waals surface area contributed by atoms with Crippen molar-refractivity contribution in [1.29, 1.82) is 0 Å². The Kier molecular flexibility index (Phi) is 7.15. The summed E-state index contributed by atoms with van der Waals surface area (Å²) in [5.41, 5.74) is 0.421. The van der Waals surface area contributed by atoms with Crippen molar-refractivity contribution >= 4 is 27.6 Å². The average Bonchev–Trinajstić information content (AvgIpc) is 3.06. The first-order valence-electron chi connectivity index (χ1n) is 8.97. The van der Waals surface area contributed by atoms with Gasteiger partial charge in [-0.15, -0.1) is 0 Å². The number of carbonyl (C=O) groups is 2. The van der Waals surface area contributed by atoms with E-state index in [9.17, 15) is 18.0 Å². The Morgan fingerprint density at radius 3 is 2.41 bits per heavy atom. The Morgan fingerprint density at radius 2 is 1.85 bits per heavy atom. The van der Waals surface area contributed by atoms with Crippen LogP contribution in [0.3, 0.4) is 0 Å². The minimum Gasteiger partial charge on any atom is -0.453 e. The van der Waals surface area contributed by atoms with Crippen molar-refractivity contribution in [3.05, 3.63) is 36.4 Å². The molecule has 1 aromatic carbocycles. The van der Waals surface area contributed by atoms with Gasteiger partial charge in [-0.2, -0.15) is 0 Å². The van der Waals surface area contributed by atoms with Crippen LogP contribution in [0.2, 0.25) is 0 Å². The first kappa shape index (κ1) is 21.1. The van der Waals surface area contributed by atoms with E-state index in [0.717, 1.165) is 12.8 Å². The molecule has 27 heavy (non-hydrogen) atoms. The van der Waals surface area contributed by atoms with Gasteiger partial charge < -0.3 is 10.1 Å². The highest BCUT2D eigenvalue weighted by Crippen LogP contribution is 2.21. The van der Waals surface area contributed by atoms with E-state index in [4.69, 9.17) is 4.74 Å². The Morgan fingerprint density at radius 1 is 1.19 bits per heavy atom. The molecule has 148 valence electrons. The highest BCUT2D eigenvalue weighted by molar-refractivity contribution is 7.89. The molecule has 0 saturated carbocycles. The lowest BCUT2D eigenvalue weighted by molar-refractivity contribution is -0.153. The first-order valence-corrected chi connectivity index (χ1v) is 10.4. The number of allylic oxidation sites excluding steroid dienone is 2. The van der Waals surface area contributed by atoms with Gasteiger partial charge in [0.15, 0.2) is 6.10 Å². The summed E-state index contributed by atoms with van der Waals surface area (Å²) in [6, 6.07) is 5.58. The lowest BCUT2D eigenvalue weighted by Gasteiger charge is -2.15. The maximum Gasteiger partial charge on any atom is 0.307 e. The van der Waals surface area contributed by atoms with Crippen molar-refractivity contribution in [2.24, 2.45) is 5.92 Å². The number of hydrogen-bond donors (Lipinski definition) is 2. The highest BCUT2D eigenvalue weighted by Gasteiger charge is 2.21. The third kappa shape index (κ3) is 6.48. The smallest absolute Gasteiger partial charge is 0.307 e. The maximum absolute atomic E-state index is 12.2. The van der Waals surface area contributed by atoms with Crippen LogP contribution >= 0.6 is 0 Å². The Hall–Kier alpha value is -2.19. The zero-order valence-electron chi connectivity index (χ0n) is 15.8. The number of carbonyl (C=O) groups excluding carboxylic acids is 2. The van der Waals surface area contributed by atoms with Gasteiger partial charge in [0.25, 0.3) is 5.91 Å². The molecule has 2 rings (SSSR count). The van der Waals surface area contributed by atoms with E-state index in [1.807, 2.05) is 12.2 Å². The van der Waals surface area contributed by atoms with Crippen molar-refractivity contribution in [2.75, 3.05) is 5.32 Å². The van der Waals surface area contributed by atoms with Crippen LogP contribution in [0.5, 0.6) is 0 Å². The van der Waals surface area contributed by atoms with Crippen LogP contribution in [0, 0.1) is 5.92 Å². The molecule has 0 heterocycles. The van der Waals surface area contributed by atoms with Crippen LogP contribution in [-0.2, 0) is 24.3 Å². The molecule has 0 bridgehead atoms. The number of rotatable bonds is 8. The quantitative estimate of drug-likeness (QED) is 0.521. The molecule has 7 nitrogen and oxygen atoms in total. The maximum atomic E-state index is 12.2. The number of esters is 1. The van der Waals surface area contributed by atoms with E-state index >= 15 is 0 Å².